The molecule has 1 aliphatic heterocycles. The molecule has 5 nitrogen and oxygen atoms in total. The van der Waals surface area contributed by atoms with Crippen molar-refractivity contribution in [2.75, 3.05) is 6.54 Å². The van der Waals surface area contributed by atoms with Crippen molar-refractivity contribution < 1.29 is 0 Å². The second-order valence-electron chi connectivity index (χ2n) is 4.68. The van der Waals surface area contributed by atoms with Crippen LogP contribution in [0.1, 0.15) is 17.0 Å². The fourth-order valence-electron chi connectivity index (χ4n) is 2.29. The molecular weight excluding hydrogens is 240 g/mol. The predicted octanol–water partition coefficient (Wildman–Crippen LogP) is 0.527. The van der Waals surface area contributed by atoms with E-state index in [0.29, 0.717) is 6.54 Å². The van der Waals surface area contributed by atoms with Crippen molar-refractivity contribution in [2.45, 2.75) is 25.9 Å². The standard InChI is InChI=1S/C14H16N4O/c19-14-9-11-10-15-7-4-13(11)17-18(14)8-5-12-3-1-2-6-16-12/h1-3,6,9,15H,4-5,7-8,10H2. The maximum absolute atomic E-state index is 12.0. The molecule has 1 aliphatic rings. The molecule has 3 heterocycles. The lowest BCUT2D eigenvalue weighted by atomic mass is 10.1. The summed E-state index contributed by atoms with van der Waals surface area (Å²) in [5, 5.41) is 7.71. The highest BCUT2D eigenvalue weighted by Gasteiger charge is 2.12. The zero-order valence-electron chi connectivity index (χ0n) is 10.7. The van der Waals surface area contributed by atoms with E-state index in [9.17, 15) is 4.79 Å². The highest BCUT2D eigenvalue weighted by molar-refractivity contribution is 5.20. The summed E-state index contributed by atoms with van der Waals surface area (Å²) in [5.41, 5.74) is 3.03. The van der Waals surface area contributed by atoms with Gasteiger partial charge < -0.3 is 5.32 Å². The van der Waals surface area contributed by atoms with E-state index >= 15 is 0 Å². The molecule has 1 N–H and O–H groups in total. The van der Waals surface area contributed by atoms with E-state index in [0.717, 1.165) is 42.9 Å². The molecule has 2 aromatic heterocycles. The van der Waals surface area contributed by atoms with Gasteiger partial charge in [-0.1, -0.05) is 6.07 Å². The molecule has 0 bridgehead atoms. The third-order valence-electron chi connectivity index (χ3n) is 3.32. The molecule has 2 aromatic rings. The Morgan fingerprint density at radius 3 is 3.16 bits per heavy atom. The van der Waals surface area contributed by atoms with E-state index in [1.807, 2.05) is 18.2 Å². The number of hydrogen-bond donors (Lipinski definition) is 1. The summed E-state index contributed by atoms with van der Waals surface area (Å²) in [7, 11) is 0. The fraction of sp³-hybridized carbons (Fsp3) is 0.357. The maximum atomic E-state index is 12.0. The molecule has 5 heteroatoms. The quantitative estimate of drug-likeness (QED) is 0.870. The van der Waals surface area contributed by atoms with Gasteiger partial charge in [-0.05, 0) is 17.7 Å². The van der Waals surface area contributed by atoms with E-state index in [1.165, 1.54) is 0 Å². The predicted molar refractivity (Wildman–Crippen MR) is 71.8 cm³/mol. The summed E-state index contributed by atoms with van der Waals surface area (Å²) >= 11 is 0. The lowest BCUT2D eigenvalue weighted by Crippen LogP contribution is -2.32. The van der Waals surface area contributed by atoms with Gasteiger partial charge in [0.2, 0.25) is 0 Å². The lowest BCUT2D eigenvalue weighted by Gasteiger charge is -2.16. The minimum absolute atomic E-state index is 0.0293. The van der Waals surface area contributed by atoms with Crippen LogP contribution in [0, 0.1) is 0 Å². The van der Waals surface area contributed by atoms with E-state index in [1.54, 1.807) is 16.9 Å². The topological polar surface area (TPSA) is 59.8 Å². The zero-order chi connectivity index (χ0) is 13.1. The van der Waals surface area contributed by atoms with E-state index in [4.69, 9.17) is 0 Å². The van der Waals surface area contributed by atoms with Gasteiger partial charge in [0.15, 0.2) is 0 Å². The molecule has 0 aliphatic carbocycles. The van der Waals surface area contributed by atoms with Crippen LogP contribution < -0.4 is 10.9 Å². The van der Waals surface area contributed by atoms with Crippen LogP contribution in [0.4, 0.5) is 0 Å². The van der Waals surface area contributed by atoms with Gasteiger partial charge in [0.25, 0.3) is 5.56 Å². The Kier molecular flexibility index (Phi) is 3.37. The molecule has 0 saturated heterocycles. The van der Waals surface area contributed by atoms with Crippen molar-refractivity contribution in [1.82, 2.24) is 20.1 Å². The van der Waals surface area contributed by atoms with Gasteiger partial charge in [0.1, 0.15) is 0 Å². The second-order valence-corrected chi connectivity index (χ2v) is 4.68. The molecule has 0 amide bonds. The van der Waals surface area contributed by atoms with Gasteiger partial charge >= 0.3 is 0 Å². The van der Waals surface area contributed by atoms with Crippen LogP contribution in [-0.2, 0) is 25.9 Å². The van der Waals surface area contributed by atoms with Crippen LogP contribution >= 0.6 is 0 Å². The number of fused-ring (bicyclic) bond motifs is 1. The maximum Gasteiger partial charge on any atom is 0.267 e. The molecule has 0 radical (unpaired) electrons. The van der Waals surface area contributed by atoms with Gasteiger partial charge in [-0.15, -0.1) is 0 Å². The highest BCUT2D eigenvalue weighted by Crippen LogP contribution is 2.07. The normalized spacial score (nSPS) is 14.1. The summed E-state index contributed by atoms with van der Waals surface area (Å²) in [6.07, 6.45) is 3.38. The average Bonchev–Trinajstić information content (AvgIpc) is 2.46. The van der Waals surface area contributed by atoms with Gasteiger partial charge in [-0.25, -0.2) is 4.68 Å². The van der Waals surface area contributed by atoms with Crippen molar-refractivity contribution in [3.63, 3.8) is 0 Å². The first-order valence-corrected chi connectivity index (χ1v) is 6.53. The summed E-state index contributed by atoms with van der Waals surface area (Å²) in [6, 6.07) is 7.51. The number of aromatic nitrogens is 3. The molecule has 0 saturated carbocycles. The van der Waals surface area contributed by atoms with Crippen LogP contribution in [-0.4, -0.2) is 21.3 Å². The van der Waals surface area contributed by atoms with Crippen molar-refractivity contribution >= 4 is 0 Å². The molecule has 0 fully saturated rings. The molecule has 98 valence electrons. The van der Waals surface area contributed by atoms with E-state index < -0.39 is 0 Å². The number of rotatable bonds is 3. The summed E-state index contributed by atoms with van der Waals surface area (Å²) in [6.45, 7) is 2.26. The Hall–Kier alpha value is -2.01. The number of aryl methyl sites for hydroxylation is 2. The Morgan fingerprint density at radius 2 is 2.32 bits per heavy atom. The van der Waals surface area contributed by atoms with Crippen LogP contribution in [0.5, 0.6) is 0 Å². The third kappa shape index (κ3) is 2.71. The minimum atomic E-state index is -0.0293. The SMILES string of the molecule is O=c1cc2c(nn1CCc1ccccn1)CCNC2. The summed E-state index contributed by atoms with van der Waals surface area (Å²) in [5.74, 6) is 0. The Bertz CT molecular complexity index is 621. The first-order chi connectivity index (χ1) is 9.33. The Balaban J connectivity index is 1.79. The van der Waals surface area contributed by atoms with Crippen molar-refractivity contribution in [3.05, 3.63) is 57.8 Å². The third-order valence-corrected chi connectivity index (χ3v) is 3.32. The van der Waals surface area contributed by atoms with Crippen molar-refractivity contribution in [2.24, 2.45) is 0 Å². The molecule has 3 rings (SSSR count). The molecule has 0 atom stereocenters. The Labute approximate surface area is 111 Å². The first kappa shape index (κ1) is 12.0. The Morgan fingerprint density at radius 1 is 1.37 bits per heavy atom. The molecule has 0 spiro atoms. The lowest BCUT2D eigenvalue weighted by molar-refractivity contribution is 0.530. The monoisotopic (exact) mass is 256 g/mol. The first-order valence-electron chi connectivity index (χ1n) is 6.53. The number of pyridine rings is 1. The summed E-state index contributed by atoms with van der Waals surface area (Å²) < 4.78 is 1.55. The smallest absolute Gasteiger partial charge is 0.267 e. The van der Waals surface area contributed by atoms with Crippen molar-refractivity contribution in [1.29, 1.82) is 0 Å². The summed E-state index contributed by atoms with van der Waals surface area (Å²) in [4.78, 5) is 16.2. The molecule has 0 unspecified atom stereocenters. The highest BCUT2D eigenvalue weighted by atomic mass is 16.1. The van der Waals surface area contributed by atoms with E-state index in [2.05, 4.69) is 15.4 Å². The average molecular weight is 256 g/mol. The number of nitrogens with zero attached hydrogens (tertiary/aromatic N) is 3. The zero-order valence-corrected chi connectivity index (χ0v) is 10.7. The minimum Gasteiger partial charge on any atom is -0.312 e. The van der Waals surface area contributed by atoms with Crippen LogP contribution in [0.25, 0.3) is 0 Å². The van der Waals surface area contributed by atoms with Gasteiger partial charge in [-0.3, -0.25) is 9.78 Å². The molecular formula is C14H16N4O. The van der Waals surface area contributed by atoms with Crippen LogP contribution in [0.15, 0.2) is 35.3 Å². The number of nitrogens with one attached hydrogen (secondary N) is 1. The molecule has 0 aromatic carbocycles. The van der Waals surface area contributed by atoms with Crippen LogP contribution in [0.2, 0.25) is 0 Å². The van der Waals surface area contributed by atoms with Gasteiger partial charge in [0.05, 0.1) is 12.2 Å². The molecule has 19 heavy (non-hydrogen) atoms. The van der Waals surface area contributed by atoms with Crippen molar-refractivity contribution in [3.8, 4) is 0 Å². The second kappa shape index (κ2) is 5.32. The van der Waals surface area contributed by atoms with Crippen LogP contribution in [0.3, 0.4) is 0 Å². The van der Waals surface area contributed by atoms with Gasteiger partial charge in [-0.2, -0.15) is 5.10 Å². The van der Waals surface area contributed by atoms with Gasteiger partial charge in [0, 0.05) is 43.9 Å². The van der Waals surface area contributed by atoms with E-state index in [-0.39, 0.29) is 5.56 Å². The fourth-order valence-corrected chi connectivity index (χ4v) is 2.29. The number of hydrogen-bond acceptors (Lipinski definition) is 4. The largest absolute Gasteiger partial charge is 0.312 e.